The van der Waals surface area contributed by atoms with Crippen molar-refractivity contribution in [2.45, 2.75) is 84.2 Å². The third-order valence-corrected chi connectivity index (χ3v) is 7.64. The molecule has 1 aliphatic heterocycles. The van der Waals surface area contributed by atoms with E-state index in [0.29, 0.717) is 19.7 Å². The van der Waals surface area contributed by atoms with Gasteiger partial charge in [-0.05, 0) is 50.7 Å². The lowest BCUT2D eigenvalue weighted by Crippen LogP contribution is -2.48. The second kappa shape index (κ2) is 11.4. The van der Waals surface area contributed by atoms with Gasteiger partial charge in [-0.2, -0.15) is 0 Å². The Kier molecular flexibility index (Phi) is 8.29. The summed E-state index contributed by atoms with van der Waals surface area (Å²) in [4.78, 5) is 29.1. The monoisotopic (exact) mass is 455 g/mol. The van der Waals surface area contributed by atoms with Crippen LogP contribution in [0.2, 0.25) is 0 Å². The van der Waals surface area contributed by atoms with Crippen LogP contribution in [0.15, 0.2) is 29.1 Å². The smallest absolute Gasteiger partial charge is 0.329 e. The molecule has 2 heterocycles. The second-order valence-electron chi connectivity index (χ2n) is 9.98. The van der Waals surface area contributed by atoms with Gasteiger partial charge in [0.25, 0.3) is 0 Å². The maximum absolute atomic E-state index is 13.5. The summed E-state index contributed by atoms with van der Waals surface area (Å²) < 4.78 is 9.30. The number of para-hydroxylation sites is 2. The summed E-state index contributed by atoms with van der Waals surface area (Å²) in [6.45, 7) is 7.69. The summed E-state index contributed by atoms with van der Waals surface area (Å²) in [7, 11) is 0. The number of carbonyl (C=O) groups is 1. The van der Waals surface area contributed by atoms with Crippen molar-refractivity contribution in [1.82, 2.24) is 14.0 Å². The highest BCUT2D eigenvalue weighted by molar-refractivity contribution is 5.78. The maximum atomic E-state index is 13.5. The minimum absolute atomic E-state index is 0.00539. The summed E-state index contributed by atoms with van der Waals surface area (Å²) in [5.41, 5.74) is 1.90. The van der Waals surface area contributed by atoms with E-state index >= 15 is 0 Å². The highest BCUT2D eigenvalue weighted by atomic mass is 16.5. The summed E-state index contributed by atoms with van der Waals surface area (Å²) in [5, 5.41) is 0. The lowest BCUT2D eigenvalue weighted by molar-refractivity contribution is -0.152. The Morgan fingerprint density at radius 3 is 2.39 bits per heavy atom. The first kappa shape index (κ1) is 24.1. The van der Waals surface area contributed by atoms with Crippen molar-refractivity contribution in [2.24, 2.45) is 11.8 Å². The first-order valence-electron chi connectivity index (χ1n) is 13.2. The first-order valence-corrected chi connectivity index (χ1v) is 13.2. The lowest BCUT2D eigenvalue weighted by Gasteiger charge is -2.39. The van der Waals surface area contributed by atoms with Gasteiger partial charge in [-0.3, -0.25) is 13.9 Å². The van der Waals surface area contributed by atoms with Crippen molar-refractivity contribution >= 4 is 17.0 Å². The van der Waals surface area contributed by atoms with Crippen molar-refractivity contribution < 1.29 is 9.53 Å². The molecule has 4 rings (SSSR count). The maximum Gasteiger partial charge on any atom is 0.329 e. The molecule has 6 nitrogen and oxygen atoms in total. The van der Waals surface area contributed by atoms with Gasteiger partial charge in [0.05, 0.1) is 29.6 Å². The number of imidazole rings is 1. The number of ether oxygens (including phenoxy) is 1. The number of aryl methyl sites for hydroxylation is 1. The van der Waals surface area contributed by atoms with Gasteiger partial charge in [0.15, 0.2) is 0 Å². The molecule has 182 valence electrons. The van der Waals surface area contributed by atoms with Gasteiger partial charge in [-0.1, -0.05) is 51.2 Å². The van der Waals surface area contributed by atoms with E-state index in [1.165, 1.54) is 44.9 Å². The topological polar surface area (TPSA) is 56.5 Å². The molecule has 1 aliphatic carbocycles. The minimum atomic E-state index is -0.314. The van der Waals surface area contributed by atoms with E-state index in [4.69, 9.17) is 4.74 Å². The quantitative estimate of drug-likeness (QED) is 0.552. The third kappa shape index (κ3) is 5.37. The molecule has 1 saturated heterocycles. The van der Waals surface area contributed by atoms with Crippen LogP contribution in [0.4, 0.5) is 0 Å². The Bertz CT molecular complexity index is 971. The van der Waals surface area contributed by atoms with Crippen LogP contribution in [0.1, 0.15) is 77.7 Å². The molecular weight excluding hydrogens is 414 g/mol. The zero-order chi connectivity index (χ0) is 23.2. The molecule has 2 fully saturated rings. The highest BCUT2D eigenvalue weighted by Crippen LogP contribution is 2.33. The van der Waals surface area contributed by atoms with Crippen molar-refractivity contribution in [2.75, 3.05) is 26.2 Å². The third-order valence-electron chi connectivity index (χ3n) is 7.64. The summed E-state index contributed by atoms with van der Waals surface area (Å²) >= 11 is 0. The SMILES string of the molecule is CCCn1c(=O)n(C2CCN(CC3CCCCCCC3)CC2C(=O)OCC)c2ccccc21. The number of rotatable bonds is 7. The fourth-order valence-electron chi connectivity index (χ4n) is 6.04. The fraction of sp³-hybridized carbons (Fsp3) is 0.704. The molecule has 6 heteroatoms. The van der Waals surface area contributed by atoms with Gasteiger partial charge in [-0.25, -0.2) is 4.79 Å². The van der Waals surface area contributed by atoms with Crippen LogP contribution in [0.25, 0.3) is 11.0 Å². The number of piperidine rings is 1. The second-order valence-corrected chi connectivity index (χ2v) is 9.98. The molecule has 2 atom stereocenters. The number of carbonyl (C=O) groups excluding carboxylic acids is 1. The van der Waals surface area contributed by atoms with Crippen LogP contribution < -0.4 is 5.69 Å². The Hall–Kier alpha value is -2.08. The Morgan fingerprint density at radius 2 is 1.70 bits per heavy atom. The highest BCUT2D eigenvalue weighted by Gasteiger charge is 2.39. The Balaban J connectivity index is 1.60. The van der Waals surface area contributed by atoms with E-state index in [2.05, 4.69) is 11.8 Å². The van der Waals surface area contributed by atoms with Gasteiger partial charge < -0.3 is 9.64 Å². The number of hydrogen-bond donors (Lipinski definition) is 0. The molecule has 33 heavy (non-hydrogen) atoms. The zero-order valence-corrected chi connectivity index (χ0v) is 20.5. The molecule has 2 unspecified atom stereocenters. The summed E-state index contributed by atoms with van der Waals surface area (Å²) in [6.07, 6.45) is 11.0. The molecule has 2 aromatic rings. The fourth-order valence-corrected chi connectivity index (χ4v) is 6.04. The molecule has 1 aromatic heterocycles. The Labute approximate surface area is 197 Å². The summed E-state index contributed by atoms with van der Waals surface area (Å²) in [5.74, 6) is 0.244. The molecule has 2 aliphatic rings. The molecule has 1 aromatic carbocycles. The van der Waals surface area contributed by atoms with Gasteiger partial charge in [-0.15, -0.1) is 0 Å². The van der Waals surface area contributed by atoms with Gasteiger partial charge in [0.1, 0.15) is 0 Å². The van der Waals surface area contributed by atoms with Gasteiger partial charge >= 0.3 is 11.7 Å². The first-order chi connectivity index (χ1) is 16.1. The zero-order valence-electron chi connectivity index (χ0n) is 20.5. The average Bonchev–Trinajstić information content (AvgIpc) is 3.07. The number of nitrogens with zero attached hydrogens (tertiary/aromatic N) is 3. The molecule has 0 bridgehead atoms. The van der Waals surface area contributed by atoms with Crippen LogP contribution in [-0.4, -0.2) is 46.2 Å². The lowest BCUT2D eigenvalue weighted by atomic mass is 9.88. The molecule has 0 radical (unpaired) electrons. The predicted molar refractivity (Wildman–Crippen MR) is 133 cm³/mol. The number of fused-ring (bicyclic) bond motifs is 1. The number of benzene rings is 1. The van der Waals surface area contributed by atoms with Crippen molar-refractivity contribution in [3.05, 3.63) is 34.7 Å². The van der Waals surface area contributed by atoms with Crippen LogP contribution in [0, 0.1) is 11.8 Å². The normalized spacial score (nSPS) is 23.3. The molecule has 0 spiro atoms. The van der Waals surface area contributed by atoms with Crippen molar-refractivity contribution in [3.8, 4) is 0 Å². The largest absolute Gasteiger partial charge is 0.466 e. The molecule has 0 N–H and O–H groups in total. The van der Waals surface area contributed by atoms with Crippen molar-refractivity contribution in [3.63, 3.8) is 0 Å². The van der Waals surface area contributed by atoms with E-state index < -0.39 is 0 Å². The van der Waals surface area contributed by atoms with E-state index in [1.807, 2.05) is 40.3 Å². The van der Waals surface area contributed by atoms with Crippen LogP contribution in [-0.2, 0) is 16.1 Å². The van der Waals surface area contributed by atoms with Gasteiger partial charge in [0, 0.05) is 26.2 Å². The van der Waals surface area contributed by atoms with Crippen LogP contribution >= 0.6 is 0 Å². The number of likely N-dealkylation sites (tertiary alicyclic amines) is 1. The average molecular weight is 456 g/mol. The Morgan fingerprint density at radius 1 is 1.00 bits per heavy atom. The minimum Gasteiger partial charge on any atom is -0.466 e. The number of aromatic nitrogens is 2. The van der Waals surface area contributed by atoms with E-state index in [-0.39, 0.29) is 23.6 Å². The van der Waals surface area contributed by atoms with Crippen LogP contribution in [0.5, 0.6) is 0 Å². The standard InChI is InChI=1S/C27H41N3O3/c1-3-17-29-24-14-10-11-15-25(24)30(27(29)32)23-16-18-28(20-22(23)26(31)33-4-2)19-21-12-8-6-5-7-9-13-21/h10-11,14-15,21-23H,3-9,12-13,16-20H2,1-2H3. The van der Waals surface area contributed by atoms with E-state index in [9.17, 15) is 9.59 Å². The predicted octanol–water partition coefficient (Wildman–Crippen LogP) is 5.00. The molecule has 1 saturated carbocycles. The van der Waals surface area contributed by atoms with Gasteiger partial charge in [0.2, 0.25) is 0 Å². The van der Waals surface area contributed by atoms with Crippen molar-refractivity contribution in [1.29, 1.82) is 0 Å². The number of esters is 1. The van der Waals surface area contributed by atoms with E-state index in [0.717, 1.165) is 42.9 Å². The molecular formula is C27H41N3O3. The van der Waals surface area contributed by atoms with E-state index in [1.54, 1.807) is 0 Å². The number of hydrogen-bond acceptors (Lipinski definition) is 4. The van der Waals surface area contributed by atoms with Crippen LogP contribution in [0.3, 0.4) is 0 Å². The molecule has 0 amide bonds. The summed E-state index contributed by atoms with van der Waals surface area (Å²) in [6, 6.07) is 7.85.